The van der Waals surface area contributed by atoms with Crippen molar-refractivity contribution in [2.24, 2.45) is 5.92 Å². The first-order valence-corrected chi connectivity index (χ1v) is 13.0. The summed E-state index contributed by atoms with van der Waals surface area (Å²) in [5.41, 5.74) is 7.03. The van der Waals surface area contributed by atoms with E-state index in [9.17, 15) is 0 Å². The zero-order valence-electron chi connectivity index (χ0n) is 20.4. The van der Waals surface area contributed by atoms with Crippen LogP contribution in [0.4, 0.5) is 5.69 Å². The van der Waals surface area contributed by atoms with Gasteiger partial charge in [-0.05, 0) is 85.9 Å². The number of rotatable bonds is 6. The van der Waals surface area contributed by atoms with Crippen LogP contribution in [-0.4, -0.2) is 36.7 Å². The van der Waals surface area contributed by atoms with Gasteiger partial charge in [0.1, 0.15) is 5.75 Å². The maximum Gasteiger partial charge on any atom is 0.142 e. The molecule has 0 aromatic heterocycles. The fraction of sp³-hybridized carbons (Fsp3) is 0.419. The van der Waals surface area contributed by atoms with Crippen LogP contribution in [0.15, 0.2) is 72.8 Å². The molecule has 5 atom stereocenters. The maximum atomic E-state index is 5.83. The number of benzene rings is 3. The smallest absolute Gasteiger partial charge is 0.142 e. The van der Waals surface area contributed by atoms with E-state index in [1.165, 1.54) is 66.6 Å². The third-order valence-corrected chi connectivity index (χ3v) is 8.72. The van der Waals surface area contributed by atoms with Crippen molar-refractivity contribution in [1.82, 2.24) is 4.90 Å². The lowest BCUT2D eigenvalue weighted by Crippen LogP contribution is -2.64. The molecule has 0 radical (unpaired) electrons. The number of ether oxygens (including phenoxy) is 1. The van der Waals surface area contributed by atoms with Crippen LogP contribution in [0.3, 0.4) is 0 Å². The first-order valence-electron chi connectivity index (χ1n) is 13.0. The predicted molar refractivity (Wildman–Crippen MR) is 140 cm³/mol. The van der Waals surface area contributed by atoms with Gasteiger partial charge in [-0.2, -0.15) is 0 Å². The highest BCUT2D eigenvalue weighted by molar-refractivity contribution is 5.62. The predicted octanol–water partition coefficient (Wildman–Crippen LogP) is 6.28. The second-order valence-corrected chi connectivity index (χ2v) is 10.5. The Morgan fingerprint density at radius 1 is 0.912 bits per heavy atom. The van der Waals surface area contributed by atoms with Gasteiger partial charge in [0, 0.05) is 24.0 Å². The molecule has 2 bridgehead atoms. The third kappa shape index (κ3) is 3.80. The van der Waals surface area contributed by atoms with Gasteiger partial charge in [0.05, 0.1) is 12.8 Å². The molecule has 34 heavy (non-hydrogen) atoms. The van der Waals surface area contributed by atoms with Crippen molar-refractivity contribution in [2.75, 3.05) is 19.0 Å². The van der Waals surface area contributed by atoms with E-state index in [-0.39, 0.29) is 0 Å². The molecule has 0 saturated carbocycles. The molecule has 176 valence electrons. The van der Waals surface area contributed by atoms with Gasteiger partial charge in [0.15, 0.2) is 0 Å². The third-order valence-electron chi connectivity index (χ3n) is 8.72. The molecular weight excluding hydrogens is 416 g/mol. The number of hydrogen-bond acceptors (Lipinski definition) is 3. The van der Waals surface area contributed by atoms with Crippen LogP contribution in [0.25, 0.3) is 0 Å². The number of aryl methyl sites for hydroxylation is 2. The topological polar surface area (TPSA) is 24.5 Å². The van der Waals surface area contributed by atoms with E-state index >= 15 is 0 Å². The average molecular weight is 453 g/mol. The summed E-state index contributed by atoms with van der Waals surface area (Å²) in [6.45, 7) is 3.62. The van der Waals surface area contributed by atoms with Crippen molar-refractivity contribution < 1.29 is 4.74 Å². The van der Waals surface area contributed by atoms with E-state index in [1.807, 2.05) is 7.11 Å². The molecule has 3 heteroatoms. The highest BCUT2D eigenvalue weighted by atomic mass is 16.5. The van der Waals surface area contributed by atoms with Gasteiger partial charge < -0.3 is 10.1 Å². The fourth-order valence-corrected chi connectivity index (χ4v) is 7.06. The molecule has 0 spiro atoms. The number of nitrogens with one attached hydrogen (secondary N) is 1. The van der Waals surface area contributed by atoms with Crippen molar-refractivity contribution in [3.63, 3.8) is 0 Å². The van der Waals surface area contributed by atoms with E-state index in [2.05, 4.69) is 89.9 Å². The highest BCUT2D eigenvalue weighted by Crippen LogP contribution is 2.46. The van der Waals surface area contributed by atoms with Crippen LogP contribution in [0.1, 0.15) is 54.4 Å². The van der Waals surface area contributed by atoms with Gasteiger partial charge in [0.2, 0.25) is 0 Å². The average Bonchev–Trinajstić information content (AvgIpc) is 3.34. The first kappa shape index (κ1) is 21.7. The normalized spacial score (nSPS) is 27.6. The standard InChI is InChI=1S/C31H36N2O/c1-21-31(32-27-18-24-14-9-15-25(24)20-29(27)34-2)26-16-17-33(21)28(19-26)30(22-10-5-3-6-11-22)23-12-7-4-8-13-23/h3-8,10-13,18,20-21,26,28,30-32H,9,14-17,19H2,1-2H3/t21-,26?,28?,31+/m0/s1. The summed E-state index contributed by atoms with van der Waals surface area (Å²) in [5, 5.41) is 3.98. The van der Waals surface area contributed by atoms with Crippen LogP contribution >= 0.6 is 0 Å². The second-order valence-electron chi connectivity index (χ2n) is 10.5. The zero-order chi connectivity index (χ0) is 23.1. The molecule has 1 N–H and O–H groups in total. The van der Waals surface area contributed by atoms with Crippen molar-refractivity contribution in [3.8, 4) is 5.75 Å². The van der Waals surface area contributed by atoms with Gasteiger partial charge >= 0.3 is 0 Å². The Balaban J connectivity index is 1.30. The van der Waals surface area contributed by atoms with Crippen LogP contribution < -0.4 is 10.1 Å². The lowest BCUT2D eigenvalue weighted by Gasteiger charge is -2.56. The Labute approximate surface area is 204 Å². The Hall–Kier alpha value is -2.78. The molecule has 0 amide bonds. The van der Waals surface area contributed by atoms with Gasteiger partial charge in [-0.1, -0.05) is 60.7 Å². The number of anilines is 1. The minimum absolute atomic E-state index is 0.406. The van der Waals surface area contributed by atoms with Crippen molar-refractivity contribution in [3.05, 3.63) is 95.1 Å². The van der Waals surface area contributed by atoms with Crippen LogP contribution in [0, 0.1) is 5.92 Å². The zero-order valence-corrected chi connectivity index (χ0v) is 20.4. The molecule has 3 aromatic carbocycles. The largest absolute Gasteiger partial charge is 0.495 e. The number of piperidine rings is 3. The van der Waals surface area contributed by atoms with E-state index in [0.717, 1.165) is 5.75 Å². The van der Waals surface area contributed by atoms with E-state index in [0.29, 0.717) is 30.0 Å². The fourth-order valence-electron chi connectivity index (χ4n) is 7.06. The Morgan fingerprint density at radius 3 is 2.18 bits per heavy atom. The van der Waals surface area contributed by atoms with Crippen molar-refractivity contribution >= 4 is 5.69 Å². The first-order chi connectivity index (χ1) is 16.7. The van der Waals surface area contributed by atoms with Crippen molar-refractivity contribution in [2.45, 2.75) is 63.1 Å². The molecule has 4 aliphatic rings. The van der Waals surface area contributed by atoms with E-state index in [1.54, 1.807) is 0 Å². The summed E-state index contributed by atoms with van der Waals surface area (Å²) in [6, 6.07) is 28.4. The summed E-state index contributed by atoms with van der Waals surface area (Å²) in [6.07, 6.45) is 6.14. The van der Waals surface area contributed by atoms with Crippen LogP contribution in [0.5, 0.6) is 5.75 Å². The minimum Gasteiger partial charge on any atom is -0.495 e. The summed E-state index contributed by atoms with van der Waals surface area (Å²) in [5.74, 6) is 2.08. The summed E-state index contributed by atoms with van der Waals surface area (Å²) < 4.78 is 5.83. The monoisotopic (exact) mass is 452 g/mol. The van der Waals surface area contributed by atoms with Crippen molar-refractivity contribution in [1.29, 1.82) is 0 Å². The Bertz CT molecular complexity index is 1090. The Kier molecular flexibility index (Phi) is 5.82. The molecule has 7 rings (SSSR count). The SMILES string of the molecule is COc1cc2c(cc1N[C@H]1C3CCN(C(C(c4ccccc4)c4ccccc4)C3)[C@H]1C)CCC2. The Morgan fingerprint density at radius 2 is 1.56 bits per heavy atom. The van der Waals surface area contributed by atoms with E-state index in [4.69, 9.17) is 4.74 Å². The molecule has 3 aliphatic heterocycles. The van der Waals surface area contributed by atoms with E-state index < -0.39 is 0 Å². The molecule has 3 aromatic rings. The molecule has 3 saturated heterocycles. The minimum atomic E-state index is 0.406. The lowest BCUT2D eigenvalue weighted by atomic mass is 9.69. The molecule has 3 fully saturated rings. The van der Waals surface area contributed by atoms with Gasteiger partial charge in [-0.15, -0.1) is 0 Å². The van der Waals surface area contributed by atoms with Crippen LogP contribution in [-0.2, 0) is 12.8 Å². The second kappa shape index (κ2) is 9.11. The maximum absolute atomic E-state index is 5.83. The number of fused-ring (bicyclic) bond motifs is 4. The molecule has 1 aliphatic carbocycles. The van der Waals surface area contributed by atoms with Gasteiger partial charge in [0.25, 0.3) is 0 Å². The number of nitrogens with zero attached hydrogens (tertiary/aromatic N) is 1. The number of methoxy groups -OCH3 is 1. The van der Waals surface area contributed by atoms with Gasteiger partial charge in [-0.3, -0.25) is 4.90 Å². The lowest BCUT2D eigenvalue weighted by molar-refractivity contribution is -0.0125. The molecular formula is C31H36N2O. The highest BCUT2D eigenvalue weighted by Gasteiger charge is 2.48. The summed E-state index contributed by atoms with van der Waals surface area (Å²) in [7, 11) is 1.81. The molecule has 3 unspecified atom stereocenters. The molecule has 3 nitrogen and oxygen atoms in total. The quantitative estimate of drug-likeness (QED) is 0.476. The number of hydrogen-bond donors (Lipinski definition) is 1. The summed E-state index contributed by atoms with van der Waals surface area (Å²) in [4.78, 5) is 2.79. The van der Waals surface area contributed by atoms with Gasteiger partial charge in [-0.25, -0.2) is 0 Å². The summed E-state index contributed by atoms with van der Waals surface area (Å²) >= 11 is 0. The van der Waals surface area contributed by atoms with Crippen LogP contribution in [0.2, 0.25) is 0 Å². The molecule has 3 heterocycles.